The Bertz CT molecular complexity index is 1100. The first-order valence-corrected chi connectivity index (χ1v) is 10.5. The Balaban J connectivity index is 1.32. The molecule has 4 rings (SSSR count). The van der Waals surface area contributed by atoms with Crippen molar-refractivity contribution in [2.24, 2.45) is 0 Å². The summed E-state index contributed by atoms with van der Waals surface area (Å²) in [7, 11) is 0. The Kier molecular flexibility index (Phi) is 6.48. The average molecular weight is 446 g/mol. The first-order valence-electron chi connectivity index (χ1n) is 10.5. The number of benzene rings is 2. The minimum Gasteiger partial charge on any atom is -0.439 e. The second-order valence-electron chi connectivity index (χ2n) is 8.08. The molecule has 1 aliphatic rings. The fraction of sp³-hybridized carbons (Fsp3) is 0.391. The van der Waals surface area contributed by atoms with Crippen LogP contribution in [-0.4, -0.2) is 53.4 Å². The van der Waals surface area contributed by atoms with E-state index in [1.807, 2.05) is 30.0 Å². The van der Waals surface area contributed by atoms with E-state index in [1.54, 1.807) is 0 Å². The monoisotopic (exact) mass is 446 g/mol. The number of anilines is 1. The van der Waals surface area contributed by atoms with Gasteiger partial charge in [0.05, 0.1) is 24.3 Å². The number of alkyl halides is 3. The third-order valence-corrected chi connectivity index (χ3v) is 5.50. The lowest BCUT2D eigenvalue weighted by molar-refractivity contribution is -0.137. The Morgan fingerprint density at radius 3 is 2.66 bits per heavy atom. The number of nitrogens with one attached hydrogen (secondary N) is 1. The molecule has 0 unspecified atom stereocenters. The summed E-state index contributed by atoms with van der Waals surface area (Å²) in [6.45, 7) is 5.49. The van der Waals surface area contributed by atoms with Crippen LogP contribution in [0.1, 0.15) is 23.4 Å². The minimum absolute atomic E-state index is 0.0438. The topological polar surface area (TPSA) is 61.6 Å². The van der Waals surface area contributed by atoms with Gasteiger partial charge in [-0.05, 0) is 56.3 Å². The number of nitrogens with zero attached hydrogens (tertiary/aromatic N) is 3. The number of carbonyl (C=O) groups excluding carboxylic acids is 1. The Labute approximate surface area is 184 Å². The summed E-state index contributed by atoms with van der Waals surface area (Å²) in [4.78, 5) is 21.1. The highest BCUT2D eigenvalue weighted by molar-refractivity contribution is 5.93. The zero-order valence-corrected chi connectivity index (χ0v) is 17.8. The predicted octanol–water partition coefficient (Wildman–Crippen LogP) is 4.30. The highest BCUT2D eigenvalue weighted by Crippen LogP contribution is 2.34. The molecular weight excluding hydrogens is 421 g/mol. The zero-order valence-electron chi connectivity index (χ0n) is 17.8. The molecule has 2 aromatic carbocycles. The van der Waals surface area contributed by atoms with E-state index in [1.165, 1.54) is 18.2 Å². The van der Waals surface area contributed by atoms with Crippen LogP contribution in [0.5, 0.6) is 0 Å². The molecule has 0 radical (unpaired) electrons. The number of rotatable bonds is 5. The second-order valence-corrected chi connectivity index (χ2v) is 8.08. The zero-order chi connectivity index (χ0) is 22.7. The Morgan fingerprint density at radius 2 is 1.84 bits per heavy atom. The summed E-state index contributed by atoms with van der Waals surface area (Å²) in [6, 6.07) is 10.9. The first-order chi connectivity index (χ1) is 15.3. The number of aryl methyl sites for hydroxylation is 1. The van der Waals surface area contributed by atoms with Crippen molar-refractivity contribution in [3.8, 4) is 0 Å². The maximum Gasteiger partial charge on any atom is 0.418 e. The molecule has 6 nitrogen and oxygen atoms in total. The molecule has 170 valence electrons. The maximum absolute atomic E-state index is 13.1. The van der Waals surface area contributed by atoms with Gasteiger partial charge < -0.3 is 9.73 Å². The van der Waals surface area contributed by atoms with E-state index in [0.29, 0.717) is 32.1 Å². The van der Waals surface area contributed by atoms with Gasteiger partial charge >= 0.3 is 6.18 Å². The number of para-hydroxylation sites is 1. The van der Waals surface area contributed by atoms with Gasteiger partial charge in [-0.15, -0.1) is 0 Å². The summed E-state index contributed by atoms with van der Waals surface area (Å²) >= 11 is 0. The van der Waals surface area contributed by atoms with Gasteiger partial charge in [-0.3, -0.25) is 14.6 Å². The van der Waals surface area contributed by atoms with E-state index in [9.17, 15) is 18.0 Å². The number of aromatic nitrogens is 1. The van der Waals surface area contributed by atoms with Gasteiger partial charge in [0.25, 0.3) is 0 Å². The number of carbonyl (C=O) groups is 1. The fourth-order valence-electron chi connectivity index (χ4n) is 3.91. The van der Waals surface area contributed by atoms with E-state index < -0.39 is 17.6 Å². The van der Waals surface area contributed by atoms with Crippen LogP contribution < -0.4 is 5.32 Å². The molecule has 0 atom stereocenters. The molecule has 3 aromatic rings. The third kappa shape index (κ3) is 5.46. The van der Waals surface area contributed by atoms with Crippen molar-refractivity contribution >= 4 is 22.7 Å². The largest absolute Gasteiger partial charge is 0.439 e. The van der Waals surface area contributed by atoms with Crippen LogP contribution in [0.15, 0.2) is 46.9 Å². The molecule has 2 heterocycles. The van der Waals surface area contributed by atoms with Crippen LogP contribution in [0.25, 0.3) is 11.1 Å². The minimum atomic E-state index is -4.52. The van der Waals surface area contributed by atoms with Crippen molar-refractivity contribution in [1.82, 2.24) is 14.8 Å². The molecule has 32 heavy (non-hydrogen) atoms. The number of fused-ring (bicyclic) bond motifs is 1. The number of amides is 1. The van der Waals surface area contributed by atoms with Crippen LogP contribution in [0, 0.1) is 6.92 Å². The molecule has 0 aliphatic carbocycles. The molecule has 1 amide bonds. The highest BCUT2D eigenvalue weighted by Gasteiger charge is 2.33. The summed E-state index contributed by atoms with van der Waals surface area (Å²) < 4.78 is 45.3. The summed E-state index contributed by atoms with van der Waals surface area (Å²) in [5, 5.41) is 2.42. The normalized spacial score (nSPS) is 16.2. The molecule has 1 fully saturated rings. The van der Waals surface area contributed by atoms with Crippen molar-refractivity contribution in [1.29, 1.82) is 0 Å². The molecular formula is C23H25F3N4O2. The smallest absolute Gasteiger partial charge is 0.418 e. The van der Waals surface area contributed by atoms with Gasteiger partial charge in [0.15, 0.2) is 5.58 Å². The molecule has 1 N–H and O–H groups in total. The predicted molar refractivity (Wildman–Crippen MR) is 115 cm³/mol. The lowest BCUT2D eigenvalue weighted by atomic mass is 10.1. The number of oxazole rings is 1. The average Bonchev–Trinajstić information content (AvgIpc) is 2.99. The maximum atomic E-state index is 13.1. The second kappa shape index (κ2) is 9.30. The van der Waals surface area contributed by atoms with Gasteiger partial charge in [-0.2, -0.15) is 13.2 Å². The van der Waals surface area contributed by atoms with E-state index in [0.717, 1.165) is 35.7 Å². The van der Waals surface area contributed by atoms with Gasteiger partial charge in [-0.1, -0.05) is 18.2 Å². The molecule has 0 bridgehead atoms. The SMILES string of the molecule is Cc1ccc2nc(CN3CCCN(CC(=O)Nc4ccccc4C(F)(F)F)CC3)oc2c1. The first kappa shape index (κ1) is 22.3. The van der Waals surface area contributed by atoms with Gasteiger partial charge in [-0.25, -0.2) is 4.98 Å². The molecule has 0 spiro atoms. The lowest BCUT2D eigenvalue weighted by Gasteiger charge is -2.21. The van der Waals surface area contributed by atoms with E-state index in [-0.39, 0.29) is 12.2 Å². The van der Waals surface area contributed by atoms with Crippen LogP contribution in [-0.2, 0) is 17.5 Å². The van der Waals surface area contributed by atoms with E-state index >= 15 is 0 Å². The Hall–Kier alpha value is -2.91. The van der Waals surface area contributed by atoms with E-state index in [2.05, 4.69) is 15.2 Å². The molecule has 9 heteroatoms. The number of halogens is 3. The van der Waals surface area contributed by atoms with Crippen molar-refractivity contribution in [3.05, 3.63) is 59.5 Å². The summed E-state index contributed by atoms with van der Waals surface area (Å²) in [5.74, 6) is 0.199. The van der Waals surface area contributed by atoms with Crippen molar-refractivity contribution in [3.63, 3.8) is 0 Å². The number of hydrogen-bond acceptors (Lipinski definition) is 5. The Morgan fingerprint density at radius 1 is 1.09 bits per heavy atom. The molecule has 1 aliphatic heterocycles. The fourth-order valence-corrected chi connectivity index (χ4v) is 3.91. The van der Waals surface area contributed by atoms with Gasteiger partial charge in [0, 0.05) is 13.1 Å². The highest BCUT2D eigenvalue weighted by atomic mass is 19.4. The lowest BCUT2D eigenvalue weighted by Crippen LogP contribution is -2.36. The van der Waals surface area contributed by atoms with Gasteiger partial charge in [0.1, 0.15) is 5.52 Å². The number of hydrogen-bond donors (Lipinski definition) is 1. The molecule has 1 saturated heterocycles. The van der Waals surface area contributed by atoms with Gasteiger partial charge in [0.2, 0.25) is 11.8 Å². The van der Waals surface area contributed by atoms with Crippen LogP contribution in [0.4, 0.5) is 18.9 Å². The van der Waals surface area contributed by atoms with Crippen molar-refractivity contribution < 1.29 is 22.4 Å². The molecule has 1 aromatic heterocycles. The standard InChI is InChI=1S/C23H25F3N4O2/c1-16-7-8-19-20(13-16)32-22(28-19)15-30-10-4-9-29(11-12-30)14-21(31)27-18-6-3-2-5-17(18)23(24,25)26/h2-3,5-8,13H,4,9-12,14-15H2,1H3,(H,27,31). The quantitative estimate of drug-likeness (QED) is 0.633. The molecule has 0 saturated carbocycles. The van der Waals surface area contributed by atoms with Crippen molar-refractivity contribution in [2.75, 3.05) is 38.0 Å². The summed E-state index contributed by atoms with van der Waals surface area (Å²) in [5.41, 5.74) is 1.66. The van der Waals surface area contributed by atoms with E-state index in [4.69, 9.17) is 4.42 Å². The van der Waals surface area contributed by atoms with Crippen molar-refractivity contribution in [2.45, 2.75) is 26.1 Å². The van der Waals surface area contributed by atoms with Crippen LogP contribution in [0.2, 0.25) is 0 Å². The van der Waals surface area contributed by atoms with Crippen LogP contribution >= 0.6 is 0 Å². The summed E-state index contributed by atoms with van der Waals surface area (Å²) in [6.07, 6.45) is -3.68. The van der Waals surface area contributed by atoms with Crippen LogP contribution in [0.3, 0.4) is 0 Å². The third-order valence-electron chi connectivity index (χ3n) is 5.50.